The Bertz CT molecular complexity index is 700. The number of pyridine rings is 1. The van der Waals surface area contributed by atoms with Crippen molar-refractivity contribution >= 4 is 6.03 Å². The second-order valence-electron chi connectivity index (χ2n) is 6.41. The minimum Gasteiger partial charge on any atom is -0.496 e. The number of carbonyl (C=O) groups excluding carboxylic acids is 1. The van der Waals surface area contributed by atoms with Crippen LogP contribution in [0.15, 0.2) is 48.8 Å². The van der Waals surface area contributed by atoms with Crippen LogP contribution < -0.4 is 10.1 Å². The molecule has 0 spiro atoms. The lowest BCUT2D eigenvalue weighted by Crippen LogP contribution is -2.51. The number of hydrogen-bond acceptors (Lipinski definition) is 4. The maximum atomic E-state index is 12.3. The Kier molecular flexibility index (Phi) is 6.44. The molecule has 2 heterocycles. The molecule has 1 aliphatic rings. The standard InChI is InChI=1S/C20H26N4O2/c1-26-19-7-3-2-6-18(19)8-10-23-11-13-24(14-12-23)20(25)22-16-17-5-4-9-21-15-17/h2-7,9,15H,8,10-14,16H2,1H3,(H,22,25). The molecule has 0 unspecified atom stereocenters. The van der Waals surface area contributed by atoms with Gasteiger partial charge in [0.2, 0.25) is 0 Å². The summed E-state index contributed by atoms with van der Waals surface area (Å²) in [4.78, 5) is 20.6. The van der Waals surface area contributed by atoms with Gasteiger partial charge in [0.05, 0.1) is 7.11 Å². The Morgan fingerprint density at radius 1 is 1.15 bits per heavy atom. The number of carbonyl (C=O) groups is 1. The highest BCUT2D eigenvalue weighted by Crippen LogP contribution is 2.18. The summed E-state index contributed by atoms with van der Waals surface area (Å²) in [7, 11) is 1.71. The van der Waals surface area contributed by atoms with Crippen LogP contribution in [0.2, 0.25) is 0 Å². The zero-order chi connectivity index (χ0) is 18.2. The Hall–Kier alpha value is -2.60. The molecule has 1 aromatic heterocycles. The van der Waals surface area contributed by atoms with E-state index in [1.54, 1.807) is 19.5 Å². The molecule has 0 atom stereocenters. The van der Waals surface area contributed by atoms with E-state index in [2.05, 4.69) is 21.3 Å². The molecule has 0 saturated carbocycles. The van der Waals surface area contributed by atoms with Gasteiger partial charge in [0.15, 0.2) is 0 Å². The van der Waals surface area contributed by atoms with E-state index in [0.29, 0.717) is 6.54 Å². The predicted octanol–water partition coefficient (Wildman–Crippen LogP) is 2.16. The first kappa shape index (κ1) is 18.2. The van der Waals surface area contributed by atoms with Crippen LogP contribution in [-0.2, 0) is 13.0 Å². The molecule has 26 heavy (non-hydrogen) atoms. The zero-order valence-electron chi connectivity index (χ0n) is 15.2. The first-order valence-electron chi connectivity index (χ1n) is 9.02. The third kappa shape index (κ3) is 4.95. The number of piperazine rings is 1. The second kappa shape index (κ2) is 9.20. The number of ether oxygens (including phenoxy) is 1. The van der Waals surface area contributed by atoms with E-state index < -0.39 is 0 Å². The van der Waals surface area contributed by atoms with Crippen LogP contribution >= 0.6 is 0 Å². The number of aromatic nitrogens is 1. The predicted molar refractivity (Wildman–Crippen MR) is 101 cm³/mol. The third-order valence-corrected chi connectivity index (χ3v) is 4.72. The highest BCUT2D eigenvalue weighted by atomic mass is 16.5. The van der Waals surface area contributed by atoms with Crippen molar-refractivity contribution in [2.75, 3.05) is 39.8 Å². The van der Waals surface area contributed by atoms with Gasteiger partial charge in [-0.05, 0) is 29.7 Å². The molecule has 0 radical (unpaired) electrons. The van der Waals surface area contributed by atoms with E-state index in [9.17, 15) is 4.79 Å². The first-order valence-corrected chi connectivity index (χ1v) is 9.02. The Morgan fingerprint density at radius 3 is 2.69 bits per heavy atom. The minimum absolute atomic E-state index is 0.00164. The Morgan fingerprint density at radius 2 is 1.96 bits per heavy atom. The van der Waals surface area contributed by atoms with Gasteiger partial charge in [0.25, 0.3) is 0 Å². The fourth-order valence-electron chi connectivity index (χ4n) is 3.15. The van der Waals surface area contributed by atoms with Crippen LogP contribution in [0, 0.1) is 0 Å². The van der Waals surface area contributed by atoms with Gasteiger partial charge in [-0.2, -0.15) is 0 Å². The van der Waals surface area contributed by atoms with Crippen molar-refractivity contribution in [1.29, 1.82) is 0 Å². The van der Waals surface area contributed by atoms with E-state index >= 15 is 0 Å². The van der Waals surface area contributed by atoms with Gasteiger partial charge < -0.3 is 15.0 Å². The van der Waals surface area contributed by atoms with Crippen LogP contribution in [0.3, 0.4) is 0 Å². The van der Waals surface area contributed by atoms with Crippen LogP contribution in [0.25, 0.3) is 0 Å². The fraction of sp³-hybridized carbons (Fsp3) is 0.400. The minimum atomic E-state index is -0.00164. The smallest absolute Gasteiger partial charge is 0.317 e. The van der Waals surface area contributed by atoms with Crippen LogP contribution in [-0.4, -0.2) is 60.6 Å². The summed E-state index contributed by atoms with van der Waals surface area (Å²) in [6.45, 7) is 4.80. The van der Waals surface area contributed by atoms with Crippen LogP contribution in [0.4, 0.5) is 4.79 Å². The van der Waals surface area contributed by atoms with Crippen molar-refractivity contribution in [2.24, 2.45) is 0 Å². The second-order valence-corrected chi connectivity index (χ2v) is 6.41. The van der Waals surface area contributed by atoms with E-state index in [4.69, 9.17) is 4.74 Å². The maximum Gasteiger partial charge on any atom is 0.317 e. The molecule has 1 saturated heterocycles. The highest BCUT2D eigenvalue weighted by molar-refractivity contribution is 5.74. The maximum absolute atomic E-state index is 12.3. The van der Waals surface area contributed by atoms with Crippen molar-refractivity contribution in [1.82, 2.24) is 20.1 Å². The molecular weight excluding hydrogens is 328 g/mol. The van der Waals surface area contributed by atoms with Crippen LogP contribution in [0.1, 0.15) is 11.1 Å². The van der Waals surface area contributed by atoms with Gasteiger partial charge in [0.1, 0.15) is 5.75 Å². The first-order chi connectivity index (χ1) is 12.8. The molecule has 138 valence electrons. The van der Waals surface area contributed by atoms with Crippen molar-refractivity contribution in [3.63, 3.8) is 0 Å². The van der Waals surface area contributed by atoms with Gasteiger partial charge >= 0.3 is 6.03 Å². The van der Waals surface area contributed by atoms with Gasteiger partial charge in [-0.15, -0.1) is 0 Å². The lowest BCUT2D eigenvalue weighted by atomic mass is 10.1. The fourth-order valence-corrected chi connectivity index (χ4v) is 3.15. The molecule has 2 amide bonds. The Balaban J connectivity index is 1.40. The molecule has 0 bridgehead atoms. The number of urea groups is 1. The van der Waals surface area contributed by atoms with E-state index in [-0.39, 0.29) is 6.03 Å². The molecule has 6 heteroatoms. The molecule has 3 rings (SSSR count). The normalized spacial score (nSPS) is 14.9. The molecular formula is C20H26N4O2. The number of hydrogen-bond donors (Lipinski definition) is 1. The SMILES string of the molecule is COc1ccccc1CCN1CCN(C(=O)NCc2cccnc2)CC1. The summed E-state index contributed by atoms with van der Waals surface area (Å²) in [6.07, 6.45) is 4.46. The molecule has 1 fully saturated rings. The quantitative estimate of drug-likeness (QED) is 0.864. The number of nitrogens with one attached hydrogen (secondary N) is 1. The Labute approximate surface area is 154 Å². The summed E-state index contributed by atoms with van der Waals surface area (Å²) in [5, 5.41) is 2.97. The monoisotopic (exact) mass is 354 g/mol. The summed E-state index contributed by atoms with van der Waals surface area (Å²) in [5.74, 6) is 0.945. The lowest BCUT2D eigenvalue weighted by Gasteiger charge is -2.34. The summed E-state index contributed by atoms with van der Waals surface area (Å²) >= 11 is 0. The third-order valence-electron chi connectivity index (χ3n) is 4.72. The van der Waals surface area contributed by atoms with E-state index in [1.165, 1.54) is 5.56 Å². The van der Waals surface area contributed by atoms with E-state index in [0.717, 1.165) is 50.5 Å². The largest absolute Gasteiger partial charge is 0.496 e. The van der Waals surface area contributed by atoms with Gasteiger partial charge in [-0.25, -0.2) is 4.79 Å². The van der Waals surface area contributed by atoms with Crippen molar-refractivity contribution in [3.8, 4) is 5.75 Å². The number of methoxy groups -OCH3 is 1. The number of nitrogens with zero attached hydrogens (tertiary/aromatic N) is 3. The van der Waals surface area contributed by atoms with Crippen molar-refractivity contribution < 1.29 is 9.53 Å². The molecule has 1 aliphatic heterocycles. The number of para-hydroxylation sites is 1. The molecule has 1 aromatic carbocycles. The van der Waals surface area contributed by atoms with Gasteiger partial charge in [-0.3, -0.25) is 9.88 Å². The lowest BCUT2D eigenvalue weighted by molar-refractivity contribution is 0.139. The summed E-state index contributed by atoms with van der Waals surface area (Å²) in [6, 6.07) is 12.0. The summed E-state index contributed by atoms with van der Waals surface area (Å²) in [5.41, 5.74) is 2.24. The summed E-state index contributed by atoms with van der Waals surface area (Å²) < 4.78 is 5.41. The van der Waals surface area contributed by atoms with Crippen molar-refractivity contribution in [2.45, 2.75) is 13.0 Å². The van der Waals surface area contributed by atoms with Gasteiger partial charge in [0, 0.05) is 51.7 Å². The topological polar surface area (TPSA) is 57.7 Å². The highest BCUT2D eigenvalue weighted by Gasteiger charge is 2.20. The van der Waals surface area contributed by atoms with Crippen molar-refractivity contribution in [3.05, 3.63) is 59.9 Å². The zero-order valence-corrected chi connectivity index (χ0v) is 15.2. The average Bonchev–Trinajstić information content (AvgIpc) is 2.72. The molecule has 1 N–H and O–H groups in total. The van der Waals surface area contributed by atoms with Gasteiger partial charge in [-0.1, -0.05) is 24.3 Å². The number of amides is 2. The average molecular weight is 354 g/mol. The molecule has 2 aromatic rings. The molecule has 6 nitrogen and oxygen atoms in total. The molecule has 0 aliphatic carbocycles. The van der Waals surface area contributed by atoms with Crippen LogP contribution in [0.5, 0.6) is 5.75 Å². The van der Waals surface area contributed by atoms with E-state index in [1.807, 2.05) is 35.2 Å². The number of rotatable bonds is 6. The number of benzene rings is 1.